The van der Waals surface area contributed by atoms with Gasteiger partial charge in [0.1, 0.15) is 6.07 Å². The van der Waals surface area contributed by atoms with Gasteiger partial charge in [-0.05, 0) is 37.9 Å². The van der Waals surface area contributed by atoms with Crippen LogP contribution in [-0.4, -0.2) is 26.2 Å². The van der Waals surface area contributed by atoms with E-state index in [9.17, 15) is 5.26 Å². The summed E-state index contributed by atoms with van der Waals surface area (Å²) in [6, 6.07) is 10.3. The molecule has 1 unspecified atom stereocenters. The summed E-state index contributed by atoms with van der Waals surface area (Å²) in [4.78, 5) is 2.39. The molecule has 0 saturated carbocycles. The lowest BCUT2D eigenvalue weighted by Gasteiger charge is -2.34. The van der Waals surface area contributed by atoms with E-state index in [2.05, 4.69) is 22.4 Å². The van der Waals surface area contributed by atoms with Gasteiger partial charge in [-0.15, -0.1) is 0 Å². The highest BCUT2D eigenvalue weighted by molar-refractivity contribution is 5.60. The van der Waals surface area contributed by atoms with Crippen molar-refractivity contribution < 1.29 is 0 Å². The number of benzene rings is 1. The Morgan fingerprint density at radius 1 is 1.28 bits per heavy atom. The van der Waals surface area contributed by atoms with Gasteiger partial charge in [0.05, 0.1) is 11.3 Å². The van der Waals surface area contributed by atoms with E-state index in [0.29, 0.717) is 5.41 Å². The van der Waals surface area contributed by atoms with Crippen LogP contribution in [0.5, 0.6) is 0 Å². The number of nitrogens with one attached hydrogen (secondary N) is 1. The average molecular weight is 241 g/mol. The van der Waals surface area contributed by atoms with Gasteiger partial charge in [0.2, 0.25) is 0 Å². The molecule has 0 bridgehead atoms. The monoisotopic (exact) mass is 241 g/mol. The molecule has 2 heterocycles. The third-order valence-electron chi connectivity index (χ3n) is 4.36. The van der Waals surface area contributed by atoms with E-state index in [4.69, 9.17) is 0 Å². The first-order chi connectivity index (χ1) is 8.83. The molecular formula is C15H19N3. The summed E-state index contributed by atoms with van der Waals surface area (Å²) >= 11 is 0. The molecule has 0 aliphatic carbocycles. The molecule has 2 saturated heterocycles. The Morgan fingerprint density at radius 3 is 2.94 bits per heavy atom. The third-order valence-corrected chi connectivity index (χ3v) is 4.36. The fraction of sp³-hybridized carbons (Fsp3) is 0.533. The van der Waals surface area contributed by atoms with Crippen LogP contribution in [-0.2, 0) is 0 Å². The van der Waals surface area contributed by atoms with Crippen molar-refractivity contribution in [3.63, 3.8) is 0 Å². The maximum absolute atomic E-state index is 9.19. The van der Waals surface area contributed by atoms with Gasteiger partial charge in [-0.2, -0.15) is 5.26 Å². The first-order valence-electron chi connectivity index (χ1n) is 6.78. The summed E-state index contributed by atoms with van der Waals surface area (Å²) in [6.07, 6.45) is 3.86. The van der Waals surface area contributed by atoms with Crippen LogP contribution >= 0.6 is 0 Å². The molecule has 3 nitrogen and oxygen atoms in total. The number of nitrogens with zero attached hydrogens (tertiary/aromatic N) is 2. The van der Waals surface area contributed by atoms with Crippen molar-refractivity contribution in [3.8, 4) is 6.07 Å². The number of hydrogen-bond donors (Lipinski definition) is 1. The molecule has 1 spiro atoms. The Kier molecular flexibility index (Phi) is 2.97. The van der Waals surface area contributed by atoms with Gasteiger partial charge in [0.25, 0.3) is 0 Å². The Hall–Kier alpha value is -1.53. The Labute approximate surface area is 108 Å². The van der Waals surface area contributed by atoms with Gasteiger partial charge in [-0.25, -0.2) is 0 Å². The summed E-state index contributed by atoms with van der Waals surface area (Å²) in [6.45, 7) is 4.48. The van der Waals surface area contributed by atoms with E-state index in [1.54, 1.807) is 0 Å². The Balaban J connectivity index is 1.81. The quantitative estimate of drug-likeness (QED) is 0.818. The summed E-state index contributed by atoms with van der Waals surface area (Å²) in [5, 5.41) is 12.7. The molecule has 18 heavy (non-hydrogen) atoms. The molecule has 0 radical (unpaired) electrons. The maximum Gasteiger partial charge on any atom is 0.101 e. The van der Waals surface area contributed by atoms with E-state index in [-0.39, 0.29) is 0 Å². The second kappa shape index (κ2) is 4.62. The van der Waals surface area contributed by atoms with Crippen molar-refractivity contribution in [3.05, 3.63) is 29.8 Å². The topological polar surface area (TPSA) is 39.1 Å². The fourth-order valence-electron chi connectivity index (χ4n) is 3.36. The second-order valence-corrected chi connectivity index (χ2v) is 5.58. The van der Waals surface area contributed by atoms with Gasteiger partial charge in [0.15, 0.2) is 0 Å². The molecule has 1 N–H and O–H groups in total. The second-order valence-electron chi connectivity index (χ2n) is 5.58. The lowest BCUT2D eigenvalue weighted by atomic mass is 9.80. The van der Waals surface area contributed by atoms with E-state index >= 15 is 0 Å². The van der Waals surface area contributed by atoms with Crippen molar-refractivity contribution in [2.75, 3.05) is 31.1 Å². The Morgan fingerprint density at radius 2 is 2.17 bits per heavy atom. The molecule has 1 atom stereocenters. The molecular weight excluding hydrogens is 222 g/mol. The lowest BCUT2D eigenvalue weighted by molar-refractivity contribution is 0.239. The summed E-state index contributed by atoms with van der Waals surface area (Å²) < 4.78 is 0. The van der Waals surface area contributed by atoms with Crippen molar-refractivity contribution in [2.45, 2.75) is 19.3 Å². The first-order valence-corrected chi connectivity index (χ1v) is 6.78. The molecule has 1 aromatic rings. The average Bonchev–Trinajstić information content (AvgIpc) is 2.83. The van der Waals surface area contributed by atoms with Crippen LogP contribution in [0, 0.1) is 16.7 Å². The van der Waals surface area contributed by atoms with E-state index in [0.717, 1.165) is 37.4 Å². The third kappa shape index (κ3) is 1.97. The number of nitriles is 1. The first kappa shape index (κ1) is 11.6. The number of para-hydroxylation sites is 1. The minimum absolute atomic E-state index is 0.445. The molecule has 2 aliphatic heterocycles. The molecule has 0 aromatic heterocycles. The number of rotatable bonds is 1. The highest BCUT2D eigenvalue weighted by Crippen LogP contribution is 2.39. The van der Waals surface area contributed by atoms with Crippen LogP contribution in [0.25, 0.3) is 0 Å². The molecule has 3 rings (SSSR count). The van der Waals surface area contributed by atoms with E-state index in [1.807, 2.05) is 18.2 Å². The van der Waals surface area contributed by atoms with Gasteiger partial charge < -0.3 is 10.2 Å². The minimum atomic E-state index is 0.445. The fourth-order valence-corrected chi connectivity index (χ4v) is 3.36. The molecule has 3 heteroatoms. The van der Waals surface area contributed by atoms with Crippen molar-refractivity contribution >= 4 is 5.69 Å². The van der Waals surface area contributed by atoms with Crippen molar-refractivity contribution in [1.82, 2.24) is 5.32 Å². The van der Waals surface area contributed by atoms with Crippen LogP contribution in [0.4, 0.5) is 5.69 Å². The number of hydrogen-bond acceptors (Lipinski definition) is 3. The van der Waals surface area contributed by atoms with Crippen LogP contribution in [0.15, 0.2) is 24.3 Å². The van der Waals surface area contributed by atoms with Crippen LogP contribution < -0.4 is 10.2 Å². The summed E-state index contributed by atoms with van der Waals surface area (Å²) in [5.41, 5.74) is 2.36. The molecule has 2 aliphatic rings. The zero-order valence-corrected chi connectivity index (χ0v) is 10.7. The molecule has 0 amide bonds. The van der Waals surface area contributed by atoms with Gasteiger partial charge in [0, 0.05) is 25.0 Å². The zero-order valence-electron chi connectivity index (χ0n) is 10.7. The van der Waals surface area contributed by atoms with E-state index in [1.165, 1.54) is 19.3 Å². The maximum atomic E-state index is 9.19. The van der Waals surface area contributed by atoms with Gasteiger partial charge in [-0.3, -0.25) is 0 Å². The minimum Gasteiger partial charge on any atom is -0.370 e. The van der Waals surface area contributed by atoms with Gasteiger partial charge in [-0.1, -0.05) is 12.1 Å². The predicted molar refractivity (Wildman–Crippen MR) is 72.5 cm³/mol. The predicted octanol–water partition coefficient (Wildman–Crippen LogP) is 2.14. The number of anilines is 1. The largest absolute Gasteiger partial charge is 0.370 e. The molecule has 1 aromatic carbocycles. The van der Waals surface area contributed by atoms with Crippen LogP contribution in [0.2, 0.25) is 0 Å². The molecule has 2 fully saturated rings. The molecule has 94 valence electrons. The van der Waals surface area contributed by atoms with Crippen LogP contribution in [0.3, 0.4) is 0 Å². The normalized spacial score (nSPS) is 27.4. The highest BCUT2D eigenvalue weighted by Gasteiger charge is 2.39. The summed E-state index contributed by atoms with van der Waals surface area (Å²) in [7, 11) is 0. The van der Waals surface area contributed by atoms with Crippen molar-refractivity contribution in [2.24, 2.45) is 5.41 Å². The van der Waals surface area contributed by atoms with Gasteiger partial charge >= 0.3 is 0 Å². The summed E-state index contributed by atoms with van der Waals surface area (Å²) in [5.74, 6) is 0. The highest BCUT2D eigenvalue weighted by atomic mass is 15.2. The van der Waals surface area contributed by atoms with E-state index < -0.39 is 0 Å². The number of piperidine rings is 1. The van der Waals surface area contributed by atoms with Crippen LogP contribution in [0.1, 0.15) is 24.8 Å². The van der Waals surface area contributed by atoms with Crippen molar-refractivity contribution in [1.29, 1.82) is 5.26 Å². The zero-order chi connectivity index (χ0) is 12.4. The SMILES string of the molecule is N#Cc1ccccc1N1CCC2(CCCNC2)C1. The lowest BCUT2D eigenvalue weighted by Crippen LogP contribution is -2.42. The Bertz CT molecular complexity index is 469. The smallest absolute Gasteiger partial charge is 0.101 e. The standard InChI is InChI=1S/C15H19N3/c16-10-13-4-1-2-5-14(13)18-9-7-15(12-18)6-3-8-17-11-15/h1-2,4-5,17H,3,6-9,11-12H2.